The smallest absolute Gasteiger partial charge is 0.407 e. The van der Waals surface area contributed by atoms with Crippen molar-refractivity contribution >= 4 is 6.09 Å². The van der Waals surface area contributed by atoms with Gasteiger partial charge in [0, 0.05) is 6.04 Å². The van der Waals surface area contributed by atoms with E-state index >= 15 is 0 Å². The lowest BCUT2D eigenvalue weighted by Crippen LogP contribution is -2.42. The molecule has 1 unspecified atom stereocenters. The van der Waals surface area contributed by atoms with Gasteiger partial charge in [-0.05, 0) is 76.2 Å². The summed E-state index contributed by atoms with van der Waals surface area (Å²) >= 11 is 0. The van der Waals surface area contributed by atoms with Gasteiger partial charge in [-0.25, -0.2) is 4.79 Å². The molecule has 0 saturated heterocycles. The topological polar surface area (TPSA) is 64.3 Å². The number of carbonyl (C=O) groups is 1. The molecule has 2 fully saturated rings. The van der Waals surface area contributed by atoms with Gasteiger partial charge in [-0.3, -0.25) is 0 Å². The molecule has 122 valence electrons. The van der Waals surface area contributed by atoms with Gasteiger partial charge in [-0.1, -0.05) is 13.8 Å². The van der Waals surface area contributed by atoms with Crippen LogP contribution in [0.4, 0.5) is 4.79 Å². The highest BCUT2D eigenvalue weighted by molar-refractivity contribution is 5.68. The van der Waals surface area contributed by atoms with Crippen LogP contribution < -0.4 is 11.1 Å². The monoisotopic (exact) mass is 296 g/mol. The van der Waals surface area contributed by atoms with Crippen LogP contribution in [0.1, 0.15) is 66.7 Å². The zero-order valence-electron chi connectivity index (χ0n) is 14.3. The Balaban J connectivity index is 1.80. The lowest BCUT2D eigenvalue weighted by molar-refractivity contribution is 0.0477. The Morgan fingerprint density at radius 2 is 1.76 bits per heavy atom. The Hall–Kier alpha value is -0.770. The first-order valence-corrected chi connectivity index (χ1v) is 8.29. The highest BCUT2D eigenvalue weighted by Crippen LogP contribution is 2.69. The van der Waals surface area contributed by atoms with Gasteiger partial charge in [-0.2, -0.15) is 0 Å². The van der Waals surface area contributed by atoms with Crippen LogP contribution in [0.25, 0.3) is 0 Å². The third-order valence-corrected chi connectivity index (χ3v) is 5.57. The van der Waals surface area contributed by atoms with Crippen LogP contribution in [0, 0.1) is 16.7 Å². The highest BCUT2D eigenvalue weighted by Gasteiger charge is 2.63. The second kappa shape index (κ2) is 5.45. The van der Waals surface area contributed by atoms with E-state index < -0.39 is 5.60 Å². The van der Waals surface area contributed by atoms with Crippen molar-refractivity contribution in [3.05, 3.63) is 0 Å². The van der Waals surface area contributed by atoms with Gasteiger partial charge in [0.15, 0.2) is 0 Å². The van der Waals surface area contributed by atoms with Crippen LogP contribution >= 0.6 is 0 Å². The van der Waals surface area contributed by atoms with Crippen molar-refractivity contribution < 1.29 is 9.53 Å². The molecule has 0 aliphatic heterocycles. The molecule has 0 aromatic carbocycles. The zero-order chi connectivity index (χ0) is 15.9. The summed E-state index contributed by atoms with van der Waals surface area (Å²) in [5.41, 5.74) is 6.39. The van der Waals surface area contributed by atoms with Gasteiger partial charge in [0.25, 0.3) is 0 Å². The maximum absolute atomic E-state index is 11.8. The fourth-order valence-corrected chi connectivity index (χ4v) is 4.22. The molecule has 2 rings (SSSR count). The van der Waals surface area contributed by atoms with Crippen molar-refractivity contribution in [3.8, 4) is 0 Å². The quantitative estimate of drug-likeness (QED) is 0.838. The van der Waals surface area contributed by atoms with Gasteiger partial charge in [0.1, 0.15) is 5.60 Å². The van der Waals surface area contributed by atoms with E-state index in [1.54, 1.807) is 0 Å². The van der Waals surface area contributed by atoms with Gasteiger partial charge in [0.05, 0.1) is 0 Å². The van der Waals surface area contributed by atoms with Gasteiger partial charge < -0.3 is 15.8 Å². The Morgan fingerprint density at radius 3 is 2.14 bits per heavy atom. The molecular formula is C17H32N2O2. The van der Waals surface area contributed by atoms with Crippen LogP contribution in [0.15, 0.2) is 0 Å². The zero-order valence-corrected chi connectivity index (χ0v) is 14.3. The van der Waals surface area contributed by atoms with Crippen molar-refractivity contribution in [2.45, 2.75) is 78.4 Å². The summed E-state index contributed by atoms with van der Waals surface area (Å²) in [6, 6.07) is 0.257. The second-order valence-corrected chi connectivity index (χ2v) is 8.62. The van der Waals surface area contributed by atoms with Crippen LogP contribution in [-0.2, 0) is 4.74 Å². The van der Waals surface area contributed by atoms with Gasteiger partial charge in [-0.15, -0.1) is 0 Å². The number of hydrogen-bond donors (Lipinski definition) is 2. The van der Waals surface area contributed by atoms with E-state index in [4.69, 9.17) is 10.5 Å². The number of rotatable bonds is 3. The molecule has 4 nitrogen and oxygen atoms in total. The van der Waals surface area contributed by atoms with Crippen LogP contribution in [0.3, 0.4) is 0 Å². The first-order valence-electron chi connectivity index (χ1n) is 8.29. The van der Waals surface area contributed by atoms with Crippen molar-refractivity contribution in [3.63, 3.8) is 0 Å². The van der Waals surface area contributed by atoms with Crippen molar-refractivity contribution in [2.24, 2.45) is 22.5 Å². The molecule has 0 aromatic heterocycles. The average molecular weight is 296 g/mol. The van der Waals surface area contributed by atoms with E-state index in [1.165, 1.54) is 19.3 Å². The van der Waals surface area contributed by atoms with Crippen LogP contribution in [0.5, 0.6) is 0 Å². The Bertz CT molecular complexity index is 392. The summed E-state index contributed by atoms with van der Waals surface area (Å²) in [5, 5.41) is 3.01. The number of ether oxygens (including phenoxy) is 1. The maximum Gasteiger partial charge on any atom is 0.407 e. The van der Waals surface area contributed by atoms with E-state index in [-0.39, 0.29) is 12.1 Å². The molecule has 2 aliphatic rings. The molecule has 0 aromatic rings. The predicted octanol–water partition coefficient (Wildman–Crippen LogP) is 3.44. The lowest BCUT2D eigenvalue weighted by atomic mass is 9.73. The van der Waals surface area contributed by atoms with E-state index in [2.05, 4.69) is 19.2 Å². The Kier molecular flexibility index (Phi) is 4.31. The average Bonchev–Trinajstić information content (AvgIpc) is 2.91. The molecule has 2 saturated carbocycles. The predicted molar refractivity (Wildman–Crippen MR) is 85.0 cm³/mol. The molecule has 4 heteroatoms. The molecule has 0 bridgehead atoms. The number of nitrogens with two attached hydrogens (primary N) is 1. The summed E-state index contributed by atoms with van der Waals surface area (Å²) in [5.74, 6) is 0.717. The molecule has 3 N–H and O–H groups in total. The number of nitrogens with one attached hydrogen (secondary N) is 1. The normalized spacial score (nSPS) is 35.1. The molecule has 0 heterocycles. The second-order valence-electron chi connectivity index (χ2n) is 8.62. The minimum atomic E-state index is -0.428. The Morgan fingerprint density at radius 1 is 1.24 bits per heavy atom. The standard InChI is InChI=1S/C17H32N2O2/c1-15(2,3)21-14(20)19-13-8-6-12(7-9-13)17(11-18)10-16(17,4)5/h12-13H,6-11,18H2,1-5H3,(H,19,20). The van der Waals surface area contributed by atoms with Crippen LogP contribution in [-0.4, -0.2) is 24.3 Å². The van der Waals surface area contributed by atoms with Crippen LogP contribution in [0.2, 0.25) is 0 Å². The lowest BCUT2D eigenvalue weighted by Gasteiger charge is -2.36. The highest BCUT2D eigenvalue weighted by atomic mass is 16.6. The summed E-state index contributed by atoms with van der Waals surface area (Å²) in [6.45, 7) is 11.2. The first-order chi connectivity index (χ1) is 9.60. The summed E-state index contributed by atoms with van der Waals surface area (Å²) in [7, 11) is 0. The number of alkyl carbamates (subject to hydrolysis) is 1. The minimum absolute atomic E-state index is 0.257. The largest absolute Gasteiger partial charge is 0.444 e. The fourth-order valence-electron chi connectivity index (χ4n) is 4.22. The number of carbonyl (C=O) groups excluding carboxylic acids is 1. The maximum atomic E-state index is 11.8. The molecule has 1 amide bonds. The fraction of sp³-hybridized carbons (Fsp3) is 0.941. The van der Waals surface area contributed by atoms with Crippen molar-refractivity contribution in [1.29, 1.82) is 0 Å². The van der Waals surface area contributed by atoms with E-state index in [1.807, 2.05) is 20.8 Å². The summed E-state index contributed by atoms with van der Waals surface area (Å²) in [4.78, 5) is 11.8. The molecular weight excluding hydrogens is 264 g/mol. The Labute approximate surface area is 129 Å². The minimum Gasteiger partial charge on any atom is -0.444 e. The summed E-state index contributed by atoms with van der Waals surface area (Å²) < 4.78 is 5.33. The van der Waals surface area contributed by atoms with Gasteiger partial charge >= 0.3 is 6.09 Å². The molecule has 0 radical (unpaired) electrons. The molecule has 1 atom stereocenters. The SMILES string of the molecule is CC(C)(C)OC(=O)NC1CCC(C2(CN)CC2(C)C)CC1. The number of amides is 1. The molecule has 2 aliphatic carbocycles. The third kappa shape index (κ3) is 3.53. The van der Waals surface area contributed by atoms with Crippen molar-refractivity contribution in [1.82, 2.24) is 5.32 Å². The third-order valence-electron chi connectivity index (χ3n) is 5.57. The van der Waals surface area contributed by atoms with Crippen molar-refractivity contribution in [2.75, 3.05) is 6.54 Å². The van der Waals surface area contributed by atoms with Gasteiger partial charge in [0.2, 0.25) is 0 Å². The summed E-state index contributed by atoms with van der Waals surface area (Å²) in [6.07, 6.45) is 5.39. The van der Waals surface area contributed by atoms with E-state index in [9.17, 15) is 4.79 Å². The van der Waals surface area contributed by atoms with E-state index in [0.29, 0.717) is 16.7 Å². The van der Waals surface area contributed by atoms with E-state index in [0.717, 1.165) is 19.4 Å². The number of hydrogen-bond acceptors (Lipinski definition) is 3. The molecule has 21 heavy (non-hydrogen) atoms. The molecule has 0 spiro atoms. The first kappa shape index (κ1) is 16.6.